The van der Waals surface area contributed by atoms with Gasteiger partial charge in [0.15, 0.2) is 0 Å². The highest BCUT2D eigenvalue weighted by atomic mass is 19.1. The summed E-state index contributed by atoms with van der Waals surface area (Å²) >= 11 is 0. The van der Waals surface area contributed by atoms with Crippen LogP contribution in [-0.2, 0) is 4.79 Å². The summed E-state index contributed by atoms with van der Waals surface area (Å²) in [5.41, 5.74) is 5.96. The molecule has 0 spiro atoms. The van der Waals surface area contributed by atoms with Gasteiger partial charge in [0.1, 0.15) is 17.3 Å². The average molecular weight is 393 g/mol. The van der Waals surface area contributed by atoms with Crippen molar-refractivity contribution in [3.05, 3.63) is 90.2 Å². The fourth-order valence-electron chi connectivity index (χ4n) is 2.79. The zero-order chi connectivity index (χ0) is 20.6. The van der Waals surface area contributed by atoms with E-state index in [4.69, 9.17) is 10.5 Å². The van der Waals surface area contributed by atoms with Crippen LogP contribution in [0.2, 0.25) is 0 Å². The number of nitrogens with one attached hydrogen (secondary N) is 2. The molecule has 29 heavy (non-hydrogen) atoms. The smallest absolute Gasteiger partial charge is 0.312 e. The molecule has 0 bridgehead atoms. The number of halogens is 1. The minimum absolute atomic E-state index is 0.0662. The van der Waals surface area contributed by atoms with E-state index < -0.39 is 23.8 Å². The number of carbonyl (C=O) groups is 2. The van der Waals surface area contributed by atoms with E-state index in [1.54, 1.807) is 30.3 Å². The van der Waals surface area contributed by atoms with Crippen molar-refractivity contribution in [1.82, 2.24) is 5.32 Å². The molecule has 0 fully saturated rings. The highest BCUT2D eigenvalue weighted by Gasteiger charge is 2.19. The summed E-state index contributed by atoms with van der Waals surface area (Å²) in [7, 11) is 0. The number of carbonyl (C=O) groups excluding carboxylic acids is 2. The van der Waals surface area contributed by atoms with Gasteiger partial charge < -0.3 is 21.1 Å². The van der Waals surface area contributed by atoms with Crippen LogP contribution in [0.5, 0.6) is 11.5 Å². The van der Waals surface area contributed by atoms with E-state index in [1.807, 2.05) is 30.3 Å². The van der Waals surface area contributed by atoms with Crippen molar-refractivity contribution in [3.8, 4) is 11.5 Å². The number of nitrogens with two attached hydrogens (primary N) is 1. The Morgan fingerprint density at radius 3 is 2.34 bits per heavy atom. The molecule has 0 aliphatic heterocycles. The highest BCUT2D eigenvalue weighted by Crippen LogP contribution is 2.26. The summed E-state index contributed by atoms with van der Waals surface area (Å²) in [6.45, 7) is 0. The molecule has 0 aliphatic carbocycles. The fraction of sp³-hybridized carbons (Fsp3) is 0.0909. The summed E-state index contributed by atoms with van der Waals surface area (Å²) < 4.78 is 19.6. The van der Waals surface area contributed by atoms with Gasteiger partial charge in [-0.3, -0.25) is 4.79 Å². The highest BCUT2D eigenvalue weighted by molar-refractivity contribution is 5.91. The van der Waals surface area contributed by atoms with Crippen LogP contribution in [0.3, 0.4) is 0 Å². The SMILES string of the molecule is NC(=O)NC(CC(=O)Nc1ccccc1F)c1cccc(Oc2ccccc2)c1. The minimum atomic E-state index is -0.775. The van der Waals surface area contributed by atoms with Gasteiger partial charge in [0.25, 0.3) is 0 Å². The maximum absolute atomic E-state index is 13.8. The molecule has 0 radical (unpaired) electrons. The summed E-state index contributed by atoms with van der Waals surface area (Å²) in [6, 6.07) is 20.5. The predicted octanol–water partition coefficient (Wildman–Crippen LogP) is 4.36. The van der Waals surface area contributed by atoms with Gasteiger partial charge in [0.05, 0.1) is 18.2 Å². The number of rotatable bonds is 7. The summed E-state index contributed by atoms with van der Waals surface area (Å²) in [5, 5.41) is 5.05. The Kier molecular flexibility index (Phi) is 6.42. The molecule has 3 amide bonds. The molecular formula is C22H20FN3O3. The van der Waals surface area contributed by atoms with Crippen molar-refractivity contribution in [1.29, 1.82) is 0 Å². The Balaban J connectivity index is 1.76. The summed E-state index contributed by atoms with van der Waals surface area (Å²) in [6.07, 6.45) is -0.133. The van der Waals surface area contributed by atoms with Crippen molar-refractivity contribution < 1.29 is 18.7 Å². The lowest BCUT2D eigenvalue weighted by Gasteiger charge is -2.19. The molecule has 0 heterocycles. The Bertz CT molecular complexity index is 995. The largest absolute Gasteiger partial charge is 0.457 e. The molecule has 0 aromatic heterocycles. The van der Waals surface area contributed by atoms with Crippen LogP contribution in [0.4, 0.5) is 14.9 Å². The number of ether oxygens (including phenoxy) is 1. The number of anilines is 1. The van der Waals surface area contributed by atoms with Crippen LogP contribution < -0.4 is 21.1 Å². The Morgan fingerprint density at radius 2 is 1.62 bits per heavy atom. The number of hydrogen-bond acceptors (Lipinski definition) is 3. The number of amides is 3. The maximum atomic E-state index is 13.8. The first-order valence-corrected chi connectivity index (χ1v) is 8.94. The van der Waals surface area contributed by atoms with Gasteiger partial charge in [-0.25, -0.2) is 9.18 Å². The Morgan fingerprint density at radius 1 is 0.931 bits per heavy atom. The molecule has 4 N–H and O–H groups in total. The lowest BCUT2D eigenvalue weighted by atomic mass is 10.0. The quantitative estimate of drug-likeness (QED) is 0.557. The van der Waals surface area contributed by atoms with E-state index >= 15 is 0 Å². The number of hydrogen-bond donors (Lipinski definition) is 3. The molecule has 0 aliphatic rings. The second-order valence-corrected chi connectivity index (χ2v) is 6.28. The van der Waals surface area contributed by atoms with Gasteiger partial charge in [0, 0.05) is 0 Å². The first kappa shape index (κ1) is 19.9. The lowest BCUT2D eigenvalue weighted by molar-refractivity contribution is -0.116. The molecule has 0 saturated carbocycles. The second kappa shape index (κ2) is 9.36. The molecule has 0 saturated heterocycles. The van der Waals surface area contributed by atoms with Crippen LogP contribution in [0.1, 0.15) is 18.0 Å². The second-order valence-electron chi connectivity index (χ2n) is 6.28. The first-order chi connectivity index (χ1) is 14.0. The van der Waals surface area contributed by atoms with Crippen molar-refractivity contribution in [3.63, 3.8) is 0 Å². The third-order valence-corrected chi connectivity index (χ3v) is 4.09. The monoisotopic (exact) mass is 393 g/mol. The Labute approximate surface area is 167 Å². The number of urea groups is 1. The molecule has 148 valence electrons. The van der Waals surface area contributed by atoms with Crippen LogP contribution in [0.25, 0.3) is 0 Å². The van der Waals surface area contributed by atoms with Gasteiger partial charge in [-0.05, 0) is 42.0 Å². The third kappa shape index (κ3) is 5.80. The van der Waals surface area contributed by atoms with E-state index in [9.17, 15) is 14.0 Å². The molecule has 3 aromatic rings. The lowest BCUT2D eigenvalue weighted by Crippen LogP contribution is -2.35. The topological polar surface area (TPSA) is 93.5 Å². The van der Waals surface area contributed by atoms with Gasteiger partial charge >= 0.3 is 6.03 Å². The van der Waals surface area contributed by atoms with Gasteiger partial charge in [-0.15, -0.1) is 0 Å². The first-order valence-electron chi connectivity index (χ1n) is 8.94. The normalized spacial score (nSPS) is 11.3. The molecular weight excluding hydrogens is 373 g/mol. The molecule has 6 nitrogen and oxygen atoms in total. The van der Waals surface area contributed by atoms with Crippen molar-refractivity contribution >= 4 is 17.6 Å². The number of para-hydroxylation sites is 2. The Hall–Kier alpha value is -3.87. The summed E-state index contributed by atoms with van der Waals surface area (Å²) in [5.74, 6) is 0.183. The van der Waals surface area contributed by atoms with E-state index in [-0.39, 0.29) is 12.1 Å². The zero-order valence-electron chi connectivity index (χ0n) is 15.5. The van der Waals surface area contributed by atoms with Gasteiger partial charge in [-0.1, -0.05) is 42.5 Å². The van der Waals surface area contributed by atoms with Crippen LogP contribution in [-0.4, -0.2) is 11.9 Å². The molecule has 1 atom stereocenters. The predicted molar refractivity (Wildman–Crippen MR) is 108 cm³/mol. The molecule has 3 aromatic carbocycles. The number of benzene rings is 3. The van der Waals surface area contributed by atoms with E-state index in [0.29, 0.717) is 17.1 Å². The summed E-state index contributed by atoms with van der Waals surface area (Å²) in [4.78, 5) is 23.8. The molecule has 3 rings (SSSR count). The van der Waals surface area contributed by atoms with E-state index in [0.717, 1.165) is 0 Å². The standard InChI is InChI=1S/C22H20FN3O3/c23-18-11-4-5-12-19(18)25-21(27)14-20(26-22(24)28)15-7-6-10-17(13-15)29-16-8-2-1-3-9-16/h1-13,20H,14H2,(H,25,27)(H3,24,26,28). The fourth-order valence-corrected chi connectivity index (χ4v) is 2.79. The van der Waals surface area contributed by atoms with Crippen molar-refractivity contribution in [2.24, 2.45) is 5.73 Å². The van der Waals surface area contributed by atoms with Crippen LogP contribution >= 0.6 is 0 Å². The zero-order valence-corrected chi connectivity index (χ0v) is 15.5. The number of primary amides is 1. The van der Waals surface area contributed by atoms with Gasteiger partial charge in [-0.2, -0.15) is 0 Å². The van der Waals surface area contributed by atoms with Crippen LogP contribution in [0.15, 0.2) is 78.9 Å². The molecule has 1 unspecified atom stereocenters. The average Bonchev–Trinajstić information content (AvgIpc) is 2.70. The van der Waals surface area contributed by atoms with Crippen molar-refractivity contribution in [2.75, 3.05) is 5.32 Å². The van der Waals surface area contributed by atoms with E-state index in [1.165, 1.54) is 18.2 Å². The van der Waals surface area contributed by atoms with Gasteiger partial charge in [0.2, 0.25) is 5.91 Å². The third-order valence-electron chi connectivity index (χ3n) is 4.09. The maximum Gasteiger partial charge on any atom is 0.312 e. The molecule has 7 heteroatoms. The minimum Gasteiger partial charge on any atom is -0.457 e. The van der Waals surface area contributed by atoms with E-state index in [2.05, 4.69) is 10.6 Å². The van der Waals surface area contributed by atoms with Crippen molar-refractivity contribution in [2.45, 2.75) is 12.5 Å². The van der Waals surface area contributed by atoms with Crippen LogP contribution in [0, 0.1) is 5.82 Å².